The van der Waals surface area contributed by atoms with Crippen molar-refractivity contribution in [2.24, 2.45) is 17.8 Å². The van der Waals surface area contributed by atoms with Gasteiger partial charge in [-0.15, -0.1) is 0 Å². The Morgan fingerprint density at radius 1 is 1.19 bits per heavy atom. The van der Waals surface area contributed by atoms with Crippen LogP contribution in [-0.2, 0) is 4.79 Å². The molecule has 1 aromatic rings. The summed E-state index contributed by atoms with van der Waals surface area (Å²) in [4.78, 5) is 12.5. The van der Waals surface area contributed by atoms with E-state index in [2.05, 4.69) is 5.32 Å². The van der Waals surface area contributed by atoms with Crippen LogP contribution in [0.25, 0.3) is 0 Å². The first kappa shape index (κ1) is 14.5. The molecule has 0 heterocycles. The third-order valence-electron chi connectivity index (χ3n) is 4.81. The smallest absolute Gasteiger partial charge is 0.227 e. The van der Waals surface area contributed by atoms with Crippen LogP contribution >= 0.6 is 11.6 Å². The summed E-state index contributed by atoms with van der Waals surface area (Å²) in [5.74, 6) is 2.60. The van der Waals surface area contributed by atoms with Crippen molar-refractivity contribution >= 4 is 23.2 Å². The van der Waals surface area contributed by atoms with Gasteiger partial charge in [-0.25, -0.2) is 0 Å². The number of amides is 1. The Morgan fingerprint density at radius 2 is 1.95 bits per heavy atom. The van der Waals surface area contributed by atoms with Crippen molar-refractivity contribution in [3.63, 3.8) is 0 Å². The number of carbonyl (C=O) groups excluding carboxylic acids is 1. The molecule has 5 heteroatoms. The Labute approximate surface area is 129 Å². The first-order valence-electron chi connectivity index (χ1n) is 7.34. The molecule has 1 N–H and O–H groups in total. The lowest BCUT2D eigenvalue weighted by atomic mass is 9.88. The number of nitrogens with one attached hydrogen (secondary N) is 1. The summed E-state index contributed by atoms with van der Waals surface area (Å²) in [6, 6.07) is 3.38. The molecule has 0 saturated heterocycles. The second-order valence-electron chi connectivity index (χ2n) is 5.96. The van der Waals surface area contributed by atoms with Crippen molar-refractivity contribution in [2.45, 2.75) is 25.7 Å². The second kappa shape index (κ2) is 5.76. The highest BCUT2D eigenvalue weighted by molar-refractivity contribution is 6.32. The van der Waals surface area contributed by atoms with Crippen LogP contribution in [0.15, 0.2) is 12.1 Å². The SMILES string of the molecule is COc1cc(NC(=O)[C@H]2C[C@@H]3CC[C@H]2C3)c(OC)cc1Cl. The molecule has 3 atom stereocenters. The molecule has 1 aromatic carbocycles. The topological polar surface area (TPSA) is 47.6 Å². The highest BCUT2D eigenvalue weighted by Gasteiger charge is 2.43. The average molecular weight is 310 g/mol. The fraction of sp³-hybridized carbons (Fsp3) is 0.562. The van der Waals surface area contributed by atoms with E-state index in [0.29, 0.717) is 28.1 Å². The number of halogens is 1. The van der Waals surface area contributed by atoms with E-state index in [4.69, 9.17) is 21.1 Å². The molecule has 0 spiro atoms. The van der Waals surface area contributed by atoms with Gasteiger partial charge in [0.15, 0.2) is 0 Å². The Kier molecular flexibility index (Phi) is 3.98. The van der Waals surface area contributed by atoms with Gasteiger partial charge in [0.25, 0.3) is 0 Å². The van der Waals surface area contributed by atoms with E-state index in [1.54, 1.807) is 26.4 Å². The molecule has 4 nitrogen and oxygen atoms in total. The van der Waals surface area contributed by atoms with Gasteiger partial charge in [0.1, 0.15) is 11.5 Å². The molecule has 0 unspecified atom stereocenters. The van der Waals surface area contributed by atoms with E-state index in [9.17, 15) is 4.79 Å². The third kappa shape index (κ3) is 2.69. The number of ether oxygens (including phenoxy) is 2. The van der Waals surface area contributed by atoms with E-state index >= 15 is 0 Å². The van der Waals surface area contributed by atoms with Crippen LogP contribution in [-0.4, -0.2) is 20.1 Å². The maximum absolute atomic E-state index is 12.5. The Balaban J connectivity index is 1.79. The van der Waals surface area contributed by atoms with Gasteiger partial charge in [-0.3, -0.25) is 4.79 Å². The zero-order chi connectivity index (χ0) is 15.0. The molecule has 1 amide bonds. The summed E-state index contributed by atoms with van der Waals surface area (Å²) in [7, 11) is 3.11. The number of hydrogen-bond acceptors (Lipinski definition) is 3. The molecule has 2 aliphatic rings. The van der Waals surface area contributed by atoms with Crippen molar-refractivity contribution in [2.75, 3.05) is 19.5 Å². The molecule has 114 valence electrons. The van der Waals surface area contributed by atoms with Gasteiger partial charge >= 0.3 is 0 Å². The van der Waals surface area contributed by atoms with E-state index in [-0.39, 0.29) is 11.8 Å². The lowest BCUT2D eigenvalue weighted by molar-refractivity contribution is -0.121. The van der Waals surface area contributed by atoms with Crippen LogP contribution < -0.4 is 14.8 Å². The zero-order valence-electron chi connectivity index (χ0n) is 12.3. The summed E-state index contributed by atoms with van der Waals surface area (Å²) in [5, 5.41) is 3.45. The van der Waals surface area contributed by atoms with E-state index < -0.39 is 0 Å². The van der Waals surface area contributed by atoms with Crippen LogP contribution in [0.5, 0.6) is 11.5 Å². The summed E-state index contributed by atoms with van der Waals surface area (Å²) >= 11 is 6.08. The summed E-state index contributed by atoms with van der Waals surface area (Å²) < 4.78 is 10.5. The summed E-state index contributed by atoms with van der Waals surface area (Å²) in [6.45, 7) is 0. The molecule has 2 fully saturated rings. The van der Waals surface area contributed by atoms with Crippen LogP contribution in [0, 0.1) is 17.8 Å². The number of rotatable bonds is 4. The first-order valence-corrected chi connectivity index (χ1v) is 7.72. The van der Waals surface area contributed by atoms with Crippen LogP contribution in [0.2, 0.25) is 5.02 Å². The van der Waals surface area contributed by atoms with Crippen LogP contribution in [0.4, 0.5) is 5.69 Å². The molecule has 21 heavy (non-hydrogen) atoms. The van der Waals surface area contributed by atoms with Gasteiger partial charge < -0.3 is 14.8 Å². The van der Waals surface area contributed by atoms with Gasteiger partial charge in [0, 0.05) is 18.1 Å². The lowest BCUT2D eigenvalue weighted by Gasteiger charge is -2.21. The minimum Gasteiger partial charge on any atom is -0.495 e. The Hall–Kier alpha value is -1.42. The fourth-order valence-electron chi connectivity index (χ4n) is 3.75. The quantitative estimate of drug-likeness (QED) is 0.922. The predicted octanol–water partition coefficient (Wildman–Crippen LogP) is 3.73. The van der Waals surface area contributed by atoms with E-state index in [1.807, 2.05) is 0 Å². The predicted molar refractivity (Wildman–Crippen MR) is 82.1 cm³/mol. The molecule has 3 rings (SSSR count). The Bertz CT molecular complexity index is 561. The molecular weight excluding hydrogens is 290 g/mol. The maximum Gasteiger partial charge on any atom is 0.227 e. The zero-order valence-corrected chi connectivity index (χ0v) is 13.1. The van der Waals surface area contributed by atoms with Gasteiger partial charge in [0.2, 0.25) is 5.91 Å². The van der Waals surface area contributed by atoms with Gasteiger partial charge in [0.05, 0.1) is 24.9 Å². The number of anilines is 1. The largest absolute Gasteiger partial charge is 0.495 e. The molecular formula is C16H20ClNO3. The molecule has 2 aliphatic carbocycles. The number of hydrogen-bond donors (Lipinski definition) is 1. The van der Waals surface area contributed by atoms with E-state index in [0.717, 1.165) is 12.3 Å². The standard InChI is InChI=1S/C16H20ClNO3/c1-20-14-8-13(15(21-2)7-12(14)17)18-16(19)11-6-9-3-4-10(11)5-9/h7-11H,3-6H2,1-2H3,(H,18,19)/t9-,10+,11+/m1/s1. The monoisotopic (exact) mass is 309 g/mol. The van der Waals surface area contributed by atoms with Crippen molar-refractivity contribution in [3.8, 4) is 11.5 Å². The van der Waals surface area contributed by atoms with Crippen LogP contribution in [0.3, 0.4) is 0 Å². The normalized spacial score (nSPS) is 26.7. The van der Waals surface area contributed by atoms with Crippen LogP contribution in [0.1, 0.15) is 25.7 Å². The van der Waals surface area contributed by atoms with E-state index in [1.165, 1.54) is 19.3 Å². The second-order valence-corrected chi connectivity index (χ2v) is 6.36. The highest BCUT2D eigenvalue weighted by atomic mass is 35.5. The Morgan fingerprint density at radius 3 is 2.52 bits per heavy atom. The van der Waals surface area contributed by atoms with Gasteiger partial charge in [-0.2, -0.15) is 0 Å². The first-order chi connectivity index (χ1) is 10.1. The maximum atomic E-state index is 12.5. The highest BCUT2D eigenvalue weighted by Crippen LogP contribution is 2.49. The summed E-state index contributed by atoms with van der Waals surface area (Å²) in [6.07, 6.45) is 4.69. The number of fused-ring (bicyclic) bond motifs is 2. The van der Waals surface area contributed by atoms with Crippen molar-refractivity contribution in [1.29, 1.82) is 0 Å². The minimum absolute atomic E-state index is 0.0878. The van der Waals surface area contributed by atoms with Crippen molar-refractivity contribution < 1.29 is 14.3 Å². The van der Waals surface area contributed by atoms with Crippen molar-refractivity contribution in [3.05, 3.63) is 17.2 Å². The third-order valence-corrected chi connectivity index (χ3v) is 5.10. The van der Waals surface area contributed by atoms with Gasteiger partial charge in [-0.05, 0) is 31.1 Å². The minimum atomic E-state index is 0.0878. The number of methoxy groups -OCH3 is 2. The van der Waals surface area contributed by atoms with Gasteiger partial charge in [-0.1, -0.05) is 18.0 Å². The lowest BCUT2D eigenvalue weighted by Crippen LogP contribution is -2.27. The number of benzene rings is 1. The molecule has 0 aliphatic heterocycles. The summed E-state index contributed by atoms with van der Waals surface area (Å²) in [5.41, 5.74) is 0.617. The molecule has 2 saturated carbocycles. The molecule has 0 aromatic heterocycles. The molecule has 0 radical (unpaired) electrons. The molecule has 2 bridgehead atoms. The van der Waals surface area contributed by atoms with Crippen molar-refractivity contribution in [1.82, 2.24) is 0 Å². The number of carbonyl (C=O) groups is 1. The fourth-order valence-corrected chi connectivity index (χ4v) is 3.98. The average Bonchev–Trinajstić information content (AvgIpc) is 3.11.